The van der Waals surface area contributed by atoms with Gasteiger partial charge in [-0.15, -0.1) is 0 Å². The van der Waals surface area contributed by atoms with E-state index < -0.39 is 13.3 Å². The highest BCUT2D eigenvalue weighted by atomic mass is 31.1. The minimum Gasteiger partial charge on any atom is -0.289 e. The number of carbonyl (C=O) groups excluding carboxylic acids is 2. The Bertz CT molecular complexity index is 1200. The van der Waals surface area contributed by atoms with Crippen LogP contribution in [0.1, 0.15) is 65.2 Å². The monoisotopic (exact) mass is 431 g/mol. The zero-order valence-corrected chi connectivity index (χ0v) is 20.1. The summed E-state index contributed by atoms with van der Waals surface area (Å²) in [6.45, 7) is 13.5. The van der Waals surface area contributed by atoms with Crippen LogP contribution in [0.4, 0.5) is 0 Å². The molecule has 3 rings (SSSR count). The molecule has 0 bridgehead atoms. The first-order valence-corrected chi connectivity index (χ1v) is 11.6. The van der Waals surface area contributed by atoms with Crippen molar-refractivity contribution in [2.45, 2.75) is 48.5 Å². The number of aryl methyl sites for hydroxylation is 5. The lowest BCUT2D eigenvalue weighted by atomic mass is 9.89. The highest BCUT2D eigenvalue weighted by Crippen LogP contribution is 2.33. The number of hydrogen-bond donors (Lipinski definition) is 0. The molecule has 0 saturated carbocycles. The topological polar surface area (TPSA) is 51.2 Å². The summed E-state index contributed by atoms with van der Waals surface area (Å²) in [7, 11) is -2.44. The van der Waals surface area contributed by atoms with Gasteiger partial charge in [0.15, 0.2) is 13.6 Å². The summed E-state index contributed by atoms with van der Waals surface area (Å²) in [5.74, 6) is -0.189. The van der Waals surface area contributed by atoms with Gasteiger partial charge in [0.1, 0.15) is 0 Å². The zero-order valence-electron chi connectivity index (χ0n) is 19.2. The second kappa shape index (κ2) is 8.69. The Labute approximate surface area is 185 Å². The molecule has 0 heterocycles. The Morgan fingerprint density at radius 1 is 0.677 bits per heavy atom. The molecule has 0 fully saturated rings. The van der Waals surface area contributed by atoms with Gasteiger partial charge in [0.2, 0.25) is 5.52 Å². The van der Waals surface area contributed by atoms with Crippen LogP contribution in [0, 0.1) is 48.5 Å². The molecule has 0 spiro atoms. The second-order valence-corrected chi connectivity index (χ2v) is 9.83. The molecule has 159 valence electrons. The summed E-state index contributed by atoms with van der Waals surface area (Å²) in [6.07, 6.45) is 0. The molecule has 3 aromatic carbocycles. The minimum absolute atomic E-state index is 0.189. The van der Waals surface area contributed by atoms with Gasteiger partial charge in [0.05, 0.1) is 5.30 Å². The van der Waals surface area contributed by atoms with Crippen molar-refractivity contribution >= 4 is 24.4 Å². The van der Waals surface area contributed by atoms with Gasteiger partial charge in [-0.1, -0.05) is 35.9 Å². The number of ketones is 1. The van der Waals surface area contributed by atoms with Gasteiger partial charge >= 0.3 is 0 Å². The normalized spacial score (nSPS) is 11.4. The summed E-state index contributed by atoms with van der Waals surface area (Å²) in [5, 5.41) is 0.296. The molecule has 0 amide bonds. The maximum Gasteiger partial charge on any atom is 0.247 e. The van der Waals surface area contributed by atoms with E-state index in [1.54, 1.807) is 24.3 Å². The van der Waals surface area contributed by atoms with Crippen molar-refractivity contribution in [1.82, 2.24) is 0 Å². The lowest BCUT2D eigenvalue weighted by Gasteiger charge is -2.16. The predicted molar refractivity (Wildman–Crippen MR) is 127 cm³/mol. The van der Waals surface area contributed by atoms with Crippen molar-refractivity contribution in [3.05, 3.63) is 98.1 Å². The van der Waals surface area contributed by atoms with E-state index in [1.807, 2.05) is 60.6 Å². The fraction of sp³-hybridized carbons (Fsp3) is 0.259. The van der Waals surface area contributed by atoms with Gasteiger partial charge in [-0.3, -0.25) is 14.2 Å². The molecule has 0 aliphatic carbocycles. The number of benzene rings is 3. The van der Waals surface area contributed by atoms with E-state index in [4.69, 9.17) is 0 Å². The molecule has 0 aromatic heterocycles. The van der Waals surface area contributed by atoms with E-state index in [-0.39, 0.29) is 5.78 Å². The molecule has 0 aliphatic heterocycles. The standard InChI is InChI=1S/C27H28O3P/c1-15-12-18(4)24(19(5)13-15)27(29)31(30)23-11-9-8-10-22(23)26(28)25-20(6)16(2)14-17(3)21(25)7/h8-14H,1-7H3. The van der Waals surface area contributed by atoms with Gasteiger partial charge in [0, 0.05) is 16.7 Å². The van der Waals surface area contributed by atoms with Crippen LogP contribution >= 0.6 is 7.80 Å². The largest absolute Gasteiger partial charge is 0.289 e. The first-order chi connectivity index (χ1) is 14.5. The third-order valence-electron chi connectivity index (χ3n) is 6.04. The van der Waals surface area contributed by atoms with Crippen LogP contribution < -0.4 is 5.30 Å². The Morgan fingerprint density at radius 3 is 1.74 bits per heavy atom. The maximum atomic E-state index is 13.6. The molecule has 1 atom stereocenters. The molecule has 31 heavy (non-hydrogen) atoms. The molecular formula is C27H28O3P. The summed E-state index contributed by atoms with van der Waals surface area (Å²) >= 11 is 0. The maximum absolute atomic E-state index is 13.6. The Balaban J connectivity index is 2.13. The summed E-state index contributed by atoms with van der Waals surface area (Å²) < 4.78 is 13.4. The number of rotatable bonds is 5. The van der Waals surface area contributed by atoms with E-state index in [1.165, 1.54) is 0 Å². The second-order valence-electron chi connectivity index (χ2n) is 8.35. The van der Waals surface area contributed by atoms with Gasteiger partial charge < -0.3 is 0 Å². The smallest absolute Gasteiger partial charge is 0.247 e. The van der Waals surface area contributed by atoms with Crippen LogP contribution in [0.2, 0.25) is 0 Å². The van der Waals surface area contributed by atoms with Crippen LogP contribution in [0.5, 0.6) is 0 Å². The molecule has 0 N–H and O–H groups in total. The van der Waals surface area contributed by atoms with Crippen molar-refractivity contribution in [3.63, 3.8) is 0 Å². The fourth-order valence-electron chi connectivity index (χ4n) is 4.26. The molecular weight excluding hydrogens is 403 g/mol. The number of hydrogen-bond acceptors (Lipinski definition) is 3. The van der Waals surface area contributed by atoms with Crippen LogP contribution in [-0.2, 0) is 4.57 Å². The third-order valence-corrected chi connectivity index (χ3v) is 7.46. The average Bonchev–Trinajstić information content (AvgIpc) is 2.71. The average molecular weight is 431 g/mol. The third kappa shape index (κ3) is 4.16. The molecule has 0 saturated heterocycles. The van der Waals surface area contributed by atoms with E-state index in [9.17, 15) is 14.2 Å². The van der Waals surface area contributed by atoms with Crippen LogP contribution in [0.25, 0.3) is 0 Å². The van der Waals surface area contributed by atoms with E-state index in [0.29, 0.717) is 22.0 Å². The van der Waals surface area contributed by atoms with Gasteiger partial charge in [-0.05, 0) is 94.0 Å². The van der Waals surface area contributed by atoms with Gasteiger partial charge in [0.25, 0.3) is 0 Å². The van der Waals surface area contributed by atoms with Gasteiger partial charge in [-0.25, -0.2) is 0 Å². The Hall–Kier alpha value is -2.90. The van der Waals surface area contributed by atoms with Crippen LogP contribution in [0.3, 0.4) is 0 Å². The molecule has 3 aromatic rings. The lowest BCUT2D eigenvalue weighted by Crippen LogP contribution is -2.18. The molecule has 1 radical (unpaired) electrons. The molecule has 4 heteroatoms. The Morgan fingerprint density at radius 2 is 1.19 bits per heavy atom. The van der Waals surface area contributed by atoms with E-state index in [2.05, 4.69) is 6.07 Å². The highest BCUT2D eigenvalue weighted by Gasteiger charge is 2.27. The number of carbonyl (C=O) groups is 2. The first kappa shape index (κ1) is 22.8. The first-order valence-electron chi connectivity index (χ1n) is 10.3. The molecule has 0 aliphatic rings. The van der Waals surface area contributed by atoms with Crippen molar-refractivity contribution in [2.24, 2.45) is 0 Å². The van der Waals surface area contributed by atoms with Gasteiger partial charge in [-0.2, -0.15) is 0 Å². The van der Waals surface area contributed by atoms with Crippen LogP contribution in [-0.4, -0.2) is 11.3 Å². The van der Waals surface area contributed by atoms with E-state index >= 15 is 0 Å². The van der Waals surface area contributed by atoms with Crippen molar-refractivity contribution in [3.8, 4) is 0 Å². The lowest BCUT2D eigenvalue weighted by molar-refractivity contribution is 0.103. The Kier molecular flexibility index (Phi) is 6.38. The predicted octanol–water partition coefficient (Wildman–Crippen LogP) is 6.37. The molecule has 3 nitrogen and oxygen atoms in total. The summed E-state index contributed by atoms with van der Waals surface area (Å²) in [4.78, 5) is 26.9. The van der Waals surface area contributed by atoms with E-state index in [0.717, 1.165) is 38.9 Å². The zero-order chi connectivity index (χ0) is 23.0. The SMILES string of the molecule is Cc1cc(C)c(C(=O)[P](=O)c2ccccc2C(=O)c2c(C)c(C)cc(C)c2C)c(C)c1. The summed E-state index contributed by atoms with van der Waals surface area (Å²) in [6, 6.07) is 12.7. The molecule has 1 unspecified atom stereocenters. The van der Waals surface area contributed by atoms with Crippen molar-refractivity contribution in [1.29, 1.82) is 0 Å². The van der Waals surface area contributed by atoms with Crippen molar-refractivity contribution in [2.75, 3.05) is 0 Å². The quantitative estimate of drug-likeness (QED) is 0.348. The van der Waals surface area contributed by atoms with Crippen LogP contribution in [0.15, 0.2) is 42.5 Å². The fourth-order valence-corrected chi connectivity index (χ4v) is 5.65. The highest BCUT2D eigenvalue weighted by molar-refractivity contribution is 7.71. The minimum atomic E-state index is -2.44. The van der Waals surface area contributed by atoms with Crippen molar-refractivity contribution < 1.29 is 14.2 Å². The summed E-state index contributed by atoms with van der Waals surface area (Å²) in [5.41, 5.74) is 7.56.